The van der Waals surface area contributed by atoms with Gasteiger partial charge in [0.05, 0.1) is 25.3 Å². The molecule has 0 aliphatic carbocycles. The zero-order valence-corrected chi connectivity index (χ0v) is 14.5. The maximum Gasteiger partial charge on any atom is 0.306 e. The van der Waals surface area contributed by atoms with Crippen LogP contribution in [0.25, 0.3) is 10.8 Å². The maximum atomic E-state index is 9.32. The lowest BCUT2D eigenvalue weighted by molar-refractivity contribution is -0.687. The number of benzene rings is 2. The molecule has 1 aliphatic rings. The van der Waals surface area contributed by atoms with Gasteiger partial charge in [0, 0.05) is 10.9 Å². The molecule has 0 saturated heterocycles. The van der Waals surface area contributed by atoms with Crippen LogP contribution in [0, 0.1) is 0 Å². The smallest absolute Gasteiger partial charge is 0.306 e. The molecule has 2 aromatic heterocycles. The number of nitrogens with zero attached hydrogens (tertiary/aromatic N) is 2. The minimum absolute atomic E-state index is 0.0250. The van der Waals surface area contributed by atoms with Crippen molar-refractivity contribution in [3.8, 4) is 11.6 Å². The molecule has 1 aliphatic heterocycles. The molecule has 0 fully saturated rings. The first kappa shape index (κ1) is 15.8. The van der Waals surface area contributed by atoms with Crippen LogP contribution in [0.4, 0.5) is 5.82 Å². The van der Waals surface area contributed by atoms with E-state index in [1.54, 1.807) is 17.2 Å². The van der Waals surface area contributed by atoms with Crippen LogP contribution >= 0.6 is 0 Å². The normalized spacial score (nSPS) is 15.2. The van der Waals surface area contributed by atoms with Crippen molar-refractivity contribution >= 4 is 16.6 Å². The van der Waals surface area contributed by atoms with E-state index >= 15 is 0 Å². The Morgan fingerprint density at radius 3 is 2.81 bits per heavy atom. The number of nitrogen functional groups attached to an aromatic ring is 1. The summed E-state index contributed by atoms with van der Waals surface area (Å²) in [7, 11) is 0. The Balaban J connectivity index is 1.81. The van der Waals surface area contributed by atoms with Crippen LogP contribution in [-0.2, 0) is 6.54 Å². The third-order valence-electron chi connectivity index (χ3n) is 5.01. The number of furan rings is 1. The monoisotopic (exact) mass is 360 g/mol. The maximum absolute atomic E-state index is 9.32. The number of aromatic nitrogens is 2. The average molecular weight is 360 g/mol. The Morgan fingerprint density at radius 2 is 2.00 bits per heavy atom. The number of fused-ring (bicyclic) bond motifs is 4. The molecule has 3 heterocycles. The van der Waals surface area contributed by atoms with Crippen LogP contribution < -0.4 is 15.0 Å². The third kappa shape index (κ3) is 2.38. The van der Waals surface area contributed by atoms with Crippen molar-refractivity contribution in [2.45, 2.75) is 12.5 Å². The van der Waals surface area contributed by atoms with Crippen LogP contribution in [0.2, 0.25) is 0 Å². The fraction of sp³-hybridized carbons (Fsp3) is 0.143. The van der Waals surface area contributed by atoms with Gasteiger partial charge in [0.15, 0.2) is 0 Å². The number of aliphatic hydroxyl groups is 1. The summed E-state index contributed by atoms with van der Waals surface area (Å²) in [5.74, 6) is 2.28. The van der Waals surface area contributed by atoms with Gasteiger partial charge in [0.1, 0.15) is 17.1 Å². The lowest BCUT2D eigenvalue weighted by atomic mass is 9.86. The number of nitrogens with two attached hydrogens (primary N) is 1. The molecule has 2 aromatic carbocycles. The second-order valence-corrected chi connectivity index (χ2v) is 6.52. The van der Waals surface area contributed by atoms with Crippen molar-refractivity contribution in [2.75, 3.05) is 12.3 Å². The zero-order valence-electron chi connectivity index (χ0n) is 14.5. The standard InChI is InChI=1S/C21H17N3O3/c22-20-18-17(16-6-3-11-26-16)15-8-7-13-4-1-2-5-14(13)19(15)27-21(18)23-12-24(20)9-10-25/h1-8,11-12,17,22,25H,9-10H2/p+1/t17-/m1/s1. The summed E-state index contributed by atoms with van der Waals surface area (Å²) in [5, 5.41) is 11.4. The van der Waals surface area contributed by atoms with E-state index < -0.39 is 0 Å². The molecule has 1 atom stereocenters. The Kier molecular flexibility index (Phi) is 3.58. The molecule has 0 unspecified atom stereocenters. The molecule has 0 saturated carbocycles. The van der Waals surface area contributed by atoms with Gasteiger partial charge < -0.3 is 20.0 Å². The first-order valence-corrected chi connectivity index (χ1v) is 8.79. The largest absolute Gasteiger partial charge is 0.468 e. The van der Waals surface area contributed by atoms with Gasteiger partial charge in [-0.15, -0.1) is 0 Å². The number of hydrogen-bond donors (Lipinski definition) is 2. The summed E-state index contributed by atoms with van der Waals surface area (Å²) < 4.78 is 13.7. The molecule has 0 spiro atoms. The predicted octanol–water partition coefficient (Wildman–Crippen LogP) is 2.98. The molecular formula is C21H18N3O3+. The fourth-order valence-corrected chi connectivity index (χ4v) is 3.76. The van der Waals surface area contributed by atoms with Gasteiger partial charge in [-0.1, -0.05) is 41.4 Å². The molecule has 0 amide bonds. The first-order chi connectivity index (χ1) is 13.3. The molecule has 27 heavy (non-hydrogen) atoms. The van der Waals surface area contributed by atoms with Gasteiger partial charge in [0.2, 0.25) is 12.1 Å². The molecule has 0 radical (unpaired) electrons. The second kappa shape index (κ2) is 6.10. The molecule has 6 heteroatoms. The van der Waals surface area contributed by atoms with Crippen LogP contribution in [0.3, 0.4) is 0 Å². The highest BCUT2D eigenvalue weighted by atomic mass is 16.5. The van der Waals surface area contributed by atoms with E-state index in [0.29, 0.717) is 18.2 Å². The minimum Gasteiger partial charge on any atom is -0.468 e. The SMILES string of the molecule is Nc1c2c(nc[n+]1CCO)Oc1c(ccc3ccccc13)[C@@H]2c1ccco1. The van der Waals surface area contributed by atoms with Gasteiger partial charge in [-0.05, 0) is 17.5 Å². The molecule has 134 valence electrons. The van der Waals surface area contributed by atoms with Gasteiger partial charge in [-0.3, -0.25) is 0 Å². The Labute approximate surface area is 155 Å². The van der Waals surface area contributed by atoms with Gasteiger partial charge >= 0.3 is 5.88 Å². The van der Waals surface area contributed by atoms with Crippen molar-refractivity contribution < 1.29 is 18.8 Å². The highest BCUT2D eigenvalue weighted by Gasteiger charge is 2.38. The summed E-state index contributed by atoms with van der Waals surface area (Å²) >= 11 is 0. The van der Waals surface area contributed by atoms with Crippen molar-refractivity contribution in [2.24, 2.45) is 0 Å². The first-order valence-electron chi connectivity index (χ1n) is 8.79. The van der Waals surface area contributed by atoms with E-state index in [0.717, 1.165) is 33.4 Å². The van der Waals surface area contributed by atoms with Crippen LogP contribution in [0.5, 0.6) is 11.6 Å². The molecule has 0 bridgehead atoms. The summed E-state index contributed by atoms with van der Waals surface area (Å²) in [4.78, 5) is 4.47. The van der Waals surface area contributed by atoms with E-state index in [4.69, 9.17) is 14.9 Å². The van der Waals surface area contributed by atoms with E-state index in [-0.39, 0.29) is 12.5 Å². The average Bonchev–Trinajstić information content (AvgIpc) is 3.23. The topological polar surface area (TPSA) is 85.4 Å². The van der Waals surface area contributed by atoms with E-state index in [9.17, 15) is 5.11 Å². The molecule has 5 rings (SSSR count). The third-order valence-corrected chi connectivity index (χ3v) is 5.01. The Bertz CT molecular complexity index is 1140. The van der Waals surface area contributed by atoms with E-state index in [1.165, 1.54) is 0 Å². The van der Waals surface area contributed by atoms with Gasteiger partial charge in [-0.25, -0.2) is 4.57 Å². The van der Waals surface area contributed by atoms with Crippen LogP contribution in [0.15, 0.2) is 65.5 Å². The summed E-state index contributed by atoms with van der Waals surface area (Å²) in [6.07, 6.45) is 3.25. The lowest BCUT2D eigenvalue weighted by Gasteiger charge is -2.26. The molecule has 6 nitrogen and oxygen atoms in total. The Morgan fingerprint density at radius 1 is 1.11 bits per heavy atom. The summed E-state index contributed by atoms with van der Waals surface area (Å²) in [6.45, 7) is 0.338. The Hall–Kier alpha value is -3.38. The predicted molar refractivity (Wildman–Crippen MR) is 99.6 cm³/mol. The zero-order chi connectivity index (χ0) is 18.4. The van der Waals surface area contributed by atoms with Crippen molar-refractivity contribution in [3.05, 3.63) is 78.0 Å². The van der Waals surface area contributed by atoms with E-state index in [2.05, 4.69) is 23.2 Å². The van der Waals surface area contributed by atoms with Crippen molar-refractivity contribution in [1.29, 1.82) is 0 Å². The quantitative estimate of drug-likeness (QED) is 0.483. The number of hydrogen-bond acceptors (Lipinski definition) is 5. The molecular weight excluding hydrogens is 342 g/mol. The number of aliphatic hydroxyl groups excluding tert-OH is 1. The van der Waals surface area contributed by atoms with Crippen molar-refractivity contribution in [1.82, 2.24) is 4.98 Å². The van der Waals surface area contributed by atoms with E-state index in [1.807, 2.05) is 30.3 Å². The number of anilines is 1. The minimum atomic E-state index is -0.234. The molecule has 4 aromatic rings. The van der Waals surface area contributed by atoms with Crippen LogP contribution in [-0.4, -0.2) is 16.7 Å². The number of rotatable bonds is 3. The van der Waals surface area contributed by atoms with Crippen molar-refractivity contribution in [3.63, 3.8) is 0 Å². The van der Waals surface area contributed by atoms with Gasteiger partial charge in [-0.2, -0.15) is 0 Å². The molecule has 3 N–H and O–H groups in total. The summed E-state index contributed by atoms with van der Waals surface area (Å²) in [5.41, 5.74) is 8.18. The fourth-order valence-electron chi connectivity index (χ4n) is 3.76. The number of ether oxygens (including phenoxy) is 1. The summed E-state index contributed by atoms with van der Waals surface area (Å²) in [6, 6.07) is 16.0. The van der Waals surface area contributed by atoms with Gasteiger partial charge in [0.25, 0.3) is 0 Å². The second-order valence-electron chi connectivity index (χ2n) is 6.52. The highest BCUT2D eigenvalue weighted by Crippen LogP contribution is 2.50. The highest BCUT2D eigenvalue weighted by molar-refractivity contribution is 5.91. The lowest BCUT2D eigenvalue weighted by Crippen LogP contribution is -2.41. The van der Waals surface area contributed by atoms with Crippen LogP contribution in [0.1, 0.15) is 22.8 Å².